The van der Waals surface area contributed by atoms with Gasteiger partial charge in [0, 0.05) is 26.1 Å². The third-order valence-corrected chi connectivity index (χ3v) is 10.8. The largest absolute Gasteiger partial charge is 0.444 e. The first kappa shape index (κ1) is 37.0. The zero-order valence-corrected chi connectivity index (χ0v) is 30.4. The number of hydrogen-bond acceptors (Lipinski definition) is 9. The van der Waals surface area contributed by atoms with Crippen LogP contribution in [0.15, 0.2) is 23.0 Å². The number of carbonyl (C=O) groups is 6. The average Bonchev–Trinajstić information content (AvgIpc) is 3.60. The van der Waals surface area contributed by atoms with Crippen LogP contribution in [0, 0.1) is 5.92 Å². The Morgan fingerprint density at radius 1 is 0.962 bits per heavy atom. The number of aryl methyl sites for hydroxylation is 1. The molecule has 6 rings (SSSR count). The summed E-state index contributed by atoms with van der Waals surface area (Å²) >= 11 is 0. The van der Waals surface area contributed by atoms with E-state index in [1.807, 2.05) is 18.2 Å². The number of imide groups is 1. The van der Waals surface area contributed by atoms with Crippen LogP contribution in [-0.2, 0) is 42.2 Å². The molecule has 6 amide bonds. The van der Waals surface area contributed by atoms with Gasteiger partial charge < -0.3 is 25.6 Å². The third-order valence-electron chi connectivity index (χ3n) is 10.8. The molecule has 0 spiro atoms. The highest BCUT2D eigenvalue weighted by Gasteiger charge is 2.45. The van der Waals surface area contributed by atoms with Crippen LogP contribution in [-0.4, -0.2) is 116 Å². The number of carbonyl (C=O) groups excluding carboxylic acids is 6. The number of nitrogens with zero attached hydrogens (tertiary/aromatic N) is 5. The van der Waals surface area contributed by atoms with Gasteiger partial charge in [-0.1, -0.05) is 6.07 Å². The molecule has 0 bridgehead atoms. The fourth-order valence-electron chi connectivity index (χ4n) is 8.18. The lowest BCUT2D eigenvalue weighted by Gasteiger charge is -2.39. The molecule has 1 aromatic heterocycles. The highest BCUT2D eigenvalue weighted by Crippen LogP contribution is 2.30. The summed E-state index contributed by atoms with van der Waals surface area (Å²) in [4.78, 5) is 95.2. The van der Waals surface area contributed by atoms with E-state index in [1.54, 1.807) is 37.3 Å². The Labute approximate surface area is 301 Å². The van der Waals surface area contributed by atoms with Gasteiger partial charge in [-0.3, -0.25) is 43.3 Å². The number of hydrogen-bond donors (Lipinski definition) is 3. The number of alkyl carbamates (subject to hydrolysis) is 1. The molecule has 0 saturated carbocycles. The fourth-order valence-corrected chi connectivity index (χ4v) is 8.18. The number of piperidine rings is 2. The maximum atomic E-state index is 13.8. The van der Waals surface area contributed by atoms with Crippen molar-refractivity contribution in [1.29, 1.82) is 0 Å². The summed E-state index contributed by atoms with van der Waals surface area (Å²) < 4.78 is 8.44. The molecule has 1 aromatic carbocycles. The molecule has 16 heteroatoms. The summed E-state index contributed by atoms with van der Waals surface area (Å²) in [7, 11) is 1.69. The van der Waals surface area contributed by atoms with E-state index in [-0.39, 0.29) is 49.5 Å². The maximum absolute atomic E-state index is 13.8. The van der Waals surface area contributed by atoms with E-state index in [0.717, 1.165) is 30.3 Å². The lowest BCUT2D eigenvalue weighted by atomic mass is 9.90. The summed E-state index contributed by atoms with van der Waals surface area (Å²) in [5, 5.41) is 5.00. The van der Waals surface area contributed by atoms with Crippen LogP contribution in [0.25, 0.3) is 11.0 Å². The van der Waals surface area contributed by atoms with Crippen LogP contribution >= 0.6 is 0 Å². The summed E-state index contributed by atoms with van der Waals surface area (Å²) in [5.74, 6) is -1.58. The zero-order valence-electron chi connectivity index (χ0n) is 30.4. The van der Waals surface area contributed by atoms with Crippen molar-refractivity contribution in [2.24, 2.45) is 18.7 Å². The predicted octanol–water partition coefficient (Wildman–Crippen LogP) is 0.543. The second-order valence-corrected chi connectivity index (χ2v) is 15.6. The predicted molar refractivity (Wildman–Crippen MR) is 189 cm³/mol. The Hall–Kier alpha value is -4.73. The van der Waals surface area contributed by atoms with Crippen LogP contribution in [0.2, 0.25) is 0 Å². The maximum Gasteiger partial charge on any atom is 0.408 e. The van der Waals surface area contributed by atoms with Gasteiger partial charge in [-0.2, -0.15) is 0 Å². The van der Waals surface area contributed by atoms with E-state index in [0.29, 0.717) is 50.3 Å². The van der Waals surface area contributed by atoms with Gasteiger partial charge in [-0.05, 0) is 102 Å². The number of amides is 6. The van der Waals surface area contributed by atoms with Gasteiger partial charge in [0.2, 0.25) is 29.5 Å². The van der Waals surface area contributed by atoms with Crippen molar-refractivity contribution in [3.8, 4) is 0 Å². The molecule has 4 N–H and O–H groups in total. The summed E-state index contributed by atoms with van der Waals surface area (Å²) in [6.07, 6.45) is 3.76. The first-order valence-corrected chi connectivity index (χ1v) is 18.2. The molecule has 1 unspecified atom stereocenters. The highest BCUT2D eigenvalue weighted by molar-refractivity contribution is 6.00. The van der Waals surface area contributed by atoms with Crippen LogP contribution in [0.4, 0.5) is 4.79 Å². The standard InChI is InChI=1S/C36H50N8O8/c1-36(2,3)52-34(50)38-24-19-42(16-13-23-6-8-26(31(37)47)43(23)33(24)49)30(46)20-41-14-11-21(12-15-41)17-22-5-7-25-28(18-22)40(4)35(51)44(25)27-9-10-29(45)39-32(27)48/h5,7,18,21,23-24,26-27H,6,8-17,19-20H2,1-4H3,(H2,37,47)(H,38,50)(H,39,45,48)/t23-,24+,26+,27?/m1/s1. The zero-order chi connectivity index (χ0) is 37.5. The first-order chi connectivity index (χ1) is 24.6. The van der Waals surface area contributed by atoms with Crippen LogP contribution < -0.4 is 22.1 Å². The van der Waals surface area contributed by atoms with E-state index in [2.05, 4.69) is 15.5 Å². The molecule has 52 heavy (non-hydrogen) atoms. The molecule has 0 radical (unpaired) electrons. The Balaban J connectivity index is 1.07. The molecular weight excluding hydrogens is 672 g/mol. The molecule has 4 saturated heterocycles. The summed E-state index contributed by atoms with van der Waals surface area (Å²) in [6, 6.07) is 3.02. The number of aromatic nitrogens is 2. The minimum atomic E-state index is -1.09. The Kier molecular flexibility index (Phi) is 10.5. The van der Waals surface area contributed by atoms with Gasteiger partial charge in [0.25, 0.3) is 0 Å². The van der Waals surface area contributed by atoms with E-state index < -0.39 is 47.5 Å². The van der Waals surface area contributed by atoms with Crippen molar-refractivity contribution >= 4 is 46.7 Å². The minimum absolute atomic E-state index is 0.0433. The number of imidazole rings is 1. The molecule has 4 aliphatic heterocycles. The molecule has 0 aliphatic carbocycles. The number of nitrogens with one attached hydrogen (secondary N) is 2. The molecule has 16 nitrogen and oxygen atoms in total. The molecule has 5 heterocycles. The number of ether oxygens (including phenoxy) is 1. The number of likely N-dealkylation sites (tertiary alicyclic amines) is 1. The Morgan fingerprint density at radius 2 is 1.69 bits per heavy atom. The quantitative estimate of drug-likeness (QED) is 0.342. The monoisotopic (exact) mass is 722 g/mol. The second-order valence-electron chi connectivity index (χ2n) is 15.6. The van der Waals surface area contributed by atoms with Gasteiger partial charge in [-0.25, -0.2) is 9.59 Å². The highest BCUT2D eigenvalue weighted by atomic mass is 16.6. The van der Waals surface area contributed by atoms with Crippen molar-refractivity contribution < 1.29 is 33.5 Å². The Bertz CT molecular complexity index is 1820. The van der Waals surface area contributed by atoms with Crippen LogP contribution in [0.1, 0.15) is 77.3 Å². The molecule has 282 valence electrons. The lowest BCUT2D eigenvalue weighted by molar-refractivity contribution is -0.145. The minimum Gasteiger partial charge on any atom is -0.444 e. The Morgan fingerprint density at radius 3 is 2.37 bits per heavy atom. The lowest BCUT2D eigenvalue weighted by Crippen LogP contribution is -2.61. The molecule has 4 fully saturated rings. The molecule has 4 aliphatic rings. The SMILES string of the molecule is Cn1c(=O)n(C2CCC(=O)NC2=O)c2ccc(CC3CCN(CC(=O)N4CC[C@H]5CC[C@@H](C(N)=O)N5C(=O)[C@@H](NC(=O)OC(C)(C)C)C4)CC3)cc21. The number of primary amides is 1. The molecule has 2 aromatic rings. The number of fused-ring (bicyclic) bond motifs is 2. The average molecular weight is 723 g/mol. The van der Waals surface area contributed by atoms with Crippen molar-refractivity contribution in [2.75, 3.05) is 32.7 Å². The normalized spacial score (nSPS) is 25.0. The van der Waals surface area contributed by atoms with Gasteiger partial charge in [0.1, 0.15) is 23.7 Å². The van der Waals surface area contributed by atoms with Crippen molar-refractivity contribution in [3.63, 3.8) is 0 Å². The van der Waals surface area contributed by atoms with Crippen LogP contribution in [0.5, 0.6) is 0 Å². The molecule has 4 atom stereocenters. The van der Waals surface area contributed by atoms with Crippen molar-refractivity contribution in [2.45, 2.75) is 102 Å². The van der Waals surface area contributed by atoms with Crippen molar-refractivity contribution in [3.05, 3.63) is 34.2 Å². The van der Waals surface area contributed by atoms with E-state index in [1.165, 1.54) is 9.47 Å². The van der Waals surface area contributed by atoms with E-state index in [9.17, 15) is 33.6 Å². The van der Waals surface area contributed by atoms with Crippen molar-refractivity contribution in [1.82, 2.24) is 34.5 Å². The smallest absolute Gasteiger partial charge is 0.408 e. The number of rotatable bonds is 7. The summed E-state index contributed by atoms with van der Waals surface area (Å²) in [5.41, 5.74) is 7.00. The van der Waals surface area contributed by atoms with E-state index >= 15 is 0 Å². The van der Waals surface area contributed by atoms with Gasteiger partial charge in [-0.15, -0.1) is 0 Å². The van der Waals surface area contributed by atoms with Gasteiger partial charge >= 0.3 is 11.8 Å². The third kappa shape index (κ3) is 7.86. The fraction of sp³-hybridized carbons (Fsp3) is 0.639. The second kappa shape index (κ2) is 14.7. The number of benzene rings is 1. The van der Waals surface area contributed by atoms with Crippen LogP contribution in [0.3, 0.4) is 0 Å². The van der Waals surface area contributed by atoms with Gasteiger partial charge in [0.05, 0.1) is 24.1 Å². The first-order valence-electron chi connectivity index (χ1n) is 18.2. The summed E-state index contributed by atoms with van der Waals surface area (Å²) in [6.45, 7) is 7.10. The number of nitrogens with two attached hydrogens (primary N) is 1. The topological polar surface area (TPSA) is 198 Å². The van der Waals surface area contributed by atoms with E-state index in [4.69, 9.17) is 10.5 Å². The molecular formula is C36H50N8O8. The van der Waals surface area contributed by atoms with Gasteiger partial charge in [0.15, 0.2) is 0 Å².